The molecule has 0 N–H and O–H groups in total. The minimum Gasteiger partial charge on any atom is -0.491 e. The summed E-state index contributed by atoms with van der Waals surface area (Å²) in [5.41, 5.74) is 0.832. The molecule has 0 radical (unpaired) electrons. The SMILES string of the molecule is CCCOCCOc1ccc([N+](=O)[O-])cc1CBr. The van der Waals surface area contributed by atoms with Crippen LogP contribution in [0.3, 0.4) is 0 Å². The van der Waals surface area contributed by atoms with E-state index in [-0.39, 0.29) is 5.69 Å². The number of alkyl halides is 1. The van der Waals surface area contributed by atoms with E-state index in [0.29, 0.717) is 24.3 Å². The average Bonchev–Trinajstić information content (AvgIpc) is 2.38. The first-order valence-corrected chi connectivity index (χ1v) is 6.85. The van der Waals surface area contributed by atoms with Crippen LogP contribution in [0, 0.1) is 10.1 Å². The smallest absolute Gasteiger partial charge is 0.270 e. The first-order chi connectivity index (χ1) is 8.69. The second-order valence-electron chi connectivity index (χ2n) is 3.64. The Balaban J connectivity index is 2.57. The molecule has 1 aromatic rings. The van der Waals surface area contributed by atoms with Gasteiger partial charge in [-0.25, -0.2) is 0 Å². The van der Waals surface area contributed by atoms with Gasteiger partial charge in [0, 0.05) is 29.6 Å². The maximum Gasteiger partial charge on any atom is 0.270 e. The summed E-state index contributed by atoms with van der Waals surface area (Å²) in [4.78, 5) is 10.2. The molecule has 0 aliphatic rings. The number of nitro benzene ring substituents is 1. The Labute approximate surface area is 114 Å². The van der Waals surface area contributed by atoms with Gasteiger partial charge in [-0.05, 0) is 12.5 Å². The highest BCUT2D eigenvalue weighted by Crippen LogP contribution is 2.26. The number of non-ortho nitro benzene ring substituents is 1. The highest BCUT2D eigenvalue weighted by molar-refractivity contribution is 9.08. The number of nitro groups is 1. The molecular weight excluding hydrogens is 302 g/mol. The van der Waals surface area contributed by atoms with Crippen LogP contribution < -0.4 is 4.74 Å². The van der Waals surface area contributed by atoms with Crippen molar-refractivity contribution in [2.24, 2.45) is 0 Å². The van der Waals surface area contributed by atoms with Crippen LogP contribution in [0.25, 0.3) is 0 Å². The molecule has 0 saturated heterocycles. The molecule has 0 aliphatic heterocycles. The Bertz CT molecular complexity index is 398. The third-order valence-electron chi connectivity index (χ3n) is 2.23. The van der Waals surface area contributed by atoms with Crippen molar-refractivity contribution < 1.29 is 14.4 Å². The number of nitrogens with zero attached hydrogens (tertiary/aromatic N) is 1. The molecule has 1 aromatic carbocycles. The van der Waals surface area contributed by atoms with E-state index in [2.05, 4.69) is 15.9 Å². The van der Waals surface area contributed by atoms with Gasteiger partial charge in [-0.3, -0.25) is 10.1 Å². The Morgan fingerprint density at radius 3 is 2.72 bits per heavy atom. The Kier molecular flexibility index (Phi) is 6.67. The summed E-state index contributed by atoms with van der Waals surface area (Å²) in [5.74, 6) is 0.651. The molecule has 100 valence electrons. The molecule has 0 spiro atoms. The van der Waals surface area contributed by atoms with Gasteiger partial charge >= 0.3 is 0 Å². The average molecular weight is 318 g/mol. The van der Waals surface area contributed by atoms with E-state index in [1.165, 1.54) is 12.1 Å². The standard InChI is InChI=1S/C12H16BrNO4/c1-2-5-17-6-7-18-12-4-3-11(14(15)16)8-10(12)9-13/h3-4,8H,2,5-7,9H2,1H3. The lowest BCUT2D eigenvalue weighted by Gasteiger charge is -2.10. The van der Waals surface area contributed by atoms with Crippen molar-refractivity contribution in [3.63, 3.8) is 0 Å². The Morgan fingerprint density at radius 1 is 1.33 bits per heavy atom. The molecule has 6 heteroatoms. The lowest BCUT2D eigenvalue weighted by atomic mass is 10.2. The molecule has 0 aromatic heterocycles. The lowest BCUT2D eigenvalue weighted by molar-refractivity contribution is -0.384. The van der Waals surface area contributed by atoms with Gasteiger partial charge in [0.15, 0.2) is 0 Å². The van der Waals surface area contributed by atoms with Crippen molar-refractivity contribution in [3.05, 3.63) is 33.9 Å². The van der Waals surface area contributed by atoms with Crippen molar-refractivity contribution in [3.8, 4) is 5.75 Å². The summed E-state index contributed by atoms with van der Waals surface area (Å²) in [7, 11) is 0. The van der Waals surface area contributed by atoms with Crippen molar-refractivity contribution in [1.29, 1.82) is 0 Å². The summed E-state index contributed by atoms with van der Waals surface area (Å²) in [6, 6.07) is 4.57. The van der Waals surface area contributed by atoms with Crippen LogP contribution in [0.1, 0.15) is 18.9 Å². The Morgan fingerprint density at radius 2 is 2.11 bits per heavy atom. The number of halogens is 1. The van der Waals surface area contributed by atoms with Crippen molar-refractivity contribution in [2.45, 2.75) is 18.7 Å². The second-order valence-corrected chi connectivity index (χ2v) is 4.20. The summed E-state index contributed by atoms with van der Waals surface area (Å²) >= 11 is 3.29. The third-order valence-corrected chi connectivity index (χ3v) is 2.84. The van der Waals surface area contributed by atoms with E-state index in [1.807, 2.05) is 6.92 Å². The van der Waals surface area contributed by atoms with Gasteiger partial charge in [-0.1, -0.05) is 22.9 Å². The first-order valence-electron chi connectivity index (χ1n) is 5.72. The fraction of sp³-hybridized carbons (Fsp3) is 0.500. The van der Waals surface area contributed by atoms with Gasteiger partial charge in [0.2, 0.25) is 0 Å². The van der Waals surface area contributed by atoms with Crippen molar-refractivity contribution in [2.75, 3.05) is 19.8 Å². The van der Waals surface area contributed by atoms with Crippen molar-refractivity contribution >= 4 is 21.6 Å². The molecule has 0 heterocycles. The molecule has 0 atom stereocenters. The van der Waals surface area contributed by atoms with Crippen LogP contribution in [0.4, 0.5) is 5.69 Å². The van der Waals surface area contributed by atoms with Gasteiger partial charge < -0.3 is 9.47 Å². The predicted molar refractivity (Wildman–Crippen MR) is 72.3 cm³/mol. The molecule has 0 saturated carbocycles. The molecule has 18 heavy (non-hydrogen) atoms. The van der Waals surface area contributed by atoms with Gasteiger partial charge in [0.1, 0.15) is 12.4 Å². The van der Waals surface area contributed by atoms with Gasteiger partial charge in [-0.15, -0.1) is 0 Å². The topological polar surface area (TPSA) is 61.6 Å². The van der Waals surface area contributed by atoms with Crippen molar-refractivity contribution in [1.82, 2.24) is 0 Å². The highest BCUT2D eigenvalue weighted by Gasteiger charge is 2.10. The maximum atomic E-state index is 10.6. The fourth-order valence-electron chi connectivity index (χ4n) is 1.38. The summed E-state index contributed by atoms with van der Waals surface area (Å²) in [5, 5.41) is 11.2. The normalized spacial score (nSPS) is 10.3. The lowest BCUT2D eigenvalue weighted by Crippen LogP contribution is -2.08. The maximum absolute atomic E-state index is 10.6. The highest BCUT2D eigenvalue weighted by atomic mass is 79.9. The molecule has 0 amide bonds. The minimum absolute atomic E-state index is 0.0685. The second kappa shape index (κ2) is 8.05. The molecule has 0 bridgehead atoms. The minimum atomic E-state index is -0.416. The van der Waals surface area contributed by atoms with Crippen LogP contribution in [-0.2, 0) is 10.1 Å². The van der Waals surface area contributed by atoms with E-state index >= 15 is 0 Å². The van der Waals surface area contributed by atoms with E-state index < -0.39 is 4.92 Å². The monoisotopic (exact) mass is 317 g/mol. The fourth-order valence-corrected chi connectivity index (χ4v) is 1.82. The van der Waals surface area contributed by atoms with Crippen LogP contribution >= 0.6 is 15.9 Å². The first kappa shape index (κ1) is 14.9. The van der Waals surface area contributed by atoms with Crippen LogP contribution in [-0.4, -0.2) is 24.7 Å². The molecule has 0 fully saturated rings. The zero-order chi connectivity index (χ0) is 13.4. The summed E-state index contributed by atoms with van der Waals surface area (Å²) < 4.78 is 10.8. The molecule has 5 nitrogen and oxygen atoms in total. The zero-order valence-corrected chi connectivity index (χ0v) is 11.8. The van der Waals surface area contributed by atoms with Crippen LogP contribution in [0.2, 0.25) is 0 Å². The van der Waals surface area contributed by atoms with Gasteiger partial charge in [0.05, 0.1) is 11.5 Å². The molecular formula is C12H16BrNO4. The molecule has 1 rings (SSSR count). The quantitative estimate of drug-likeness (QED) is 0.319. The third kappa shape index (κ3) is 4.62. The predicted octanol–water partition coefficient (Wildman–Crippen LogP) is 3.30. The molecule has 0 aliphatic carbocycles. The largest absolute Gasteiger partial charge is 0.491 e. The number of hydrogen-bond donors (Lipinski definition) is 0. The number of benzene rings is 1. The van der Waals surface area contributed by atoms with E-state index in [9.17, 15) is 10.1 Å². The van der Waals surface area contributed by atoms with Crippen LogP contribution in [0.15, 0.2) is 18.2 Å². The summed E-state index contributed by atoms with van der Waals surface area (Å²) in [6.45, 7) is 3.72. The van der Waals surface area contributed by atoms with Gasteiger partial charge in [0.25, 0.3) is 5.69 Å². The van der Waals surface area contributed by atoms with Crippen LogP contribution in [0.5, 0.6) is 5.75 Å². The summed E-state index contributed by atoms with van der Waals surface area (Å²) in [6.07, 6.45) is 0.976. The number of hydrogen-bond acceptors (Lipinski definition) is 4. The number of ether oxygens (including phenoxy) is 2. The molecule has 0 unspecified atom stereocenters. The zero-order valence-electron chi connectivity index (χ0n) is 10.2. The van der Waals surface area contributed by atoms with E-state index in [1.54, 1.807) is 6.07 Å². The van der Waals surface area contributed by atoms with E-state index in [0.717, 1.165) is 18.6 Å². The van der Waals surface area contributed by atoms with Gasteiger partial charge in [-0.2, -0.15) is 0 Å². The number of rotatable bonds is 8. The Hall–Kier alpha value is -1.14. The van der Waals surface area contributed by atoms with E-state index in [4.69, 9.17) is 9.47 Å².